The first kappa shape index (κ1) is 32.9. The Labute approximate surface area is 253 Å². The minimum atomic E-state index is -0.608. The molecular formula is C30H43N9O4. The van der Waals surface area contributed by atoms with Gasteiger partial charge in [-0.15, -0.1) is 0 Å². The van der Waals surface area contributed by atoms with Crippen LogP contribution in [0.15, 0.2) is 18.5 Å². The van der Waals surface area contributed by atoms with Gasteiger partial charge in [0.15, 0.2) is 0 Å². The van der Waals surface area contributed by atoms with Crippen LogP contribution in [-0.4, -0.2) is 83.2 Å². The Hall–Kier alpha value is -4.60. The Morgan fingerprint density at radius 3 is 2.67 bits per heavy atom. The number of carbonyl (C=O) groups excluding carboxylic acids is 2. The summed E-state index contributed by atoms with van der Waals surface area (Å²) in [5.74, 6) is 7.58. The lowest BCUT2D eigenvalue weighted by atomic mass is 10.2. The molecule has 0 aromatic carbocycles. The Balaban J connectivity index is 1.58. The molecule has 1 aliphatic rings. The third kappa shape index (κ3) is 9.73. The highest BCUT2D eigenvalue weighted by atomic mass is 16.6. The van der Waals surface area contributed by atoms with E-state index >= 15 is 0 Å². The summed E-state index contributed by atoms with van der Waals surface area (Å²) in [6.07, 6.45) is 6.34. The molecule has 0 spiro atoms. The standard InChI is InChI=1S/C30H43N9O4/c1-7-14-33-25-20(18-36-28(38-25)37-21-17-22(24(31)42-6)26(32-5)35-19-21)12-9-8-10-15-34-27(40)23-13-11-16-39(23)29(41)43-30(2,3)4/h17-19,23,31H,7-8,10-11,13-16H2,1-6H3,(H,32,35)(H,34,40)(H2,33,36,37,38)/t23-/m0/s1. The Morgan fingerprint density at radius 1 is 1.19 bits per heavy atom. The van der Waals surface area contributed by atoms with Crippen LogP contribution in [0.1, 0.15) is 70.9 Å². The summed E-state index contributed by atoms with van der Waals surface area (Å²) in [5, 5.41) is 20.3. The summed E-state index contributed by atoms with van der Waals surface area (Å²) in [6.45, 7) is 9.18. The Kier molecular flexibility index (Phi) is 11.9. The molecule has 0 bridgehead atoms. The number of anilines is 4. The van der Waals surface area contributed by atoms with Gasteiger partial charge in [-0.2, -0.15) is 4.98 Å². The van der Waals surface area contributed by atoms with Crippen molar-refractivity contribution in [3.63, 3.8) is 0 Å². The number of nitrogens with one attached hydrogen (secondary N) is 5. The van der Waals surface area contributed by atoms with Gasteiger partial charge >= 0.3 is 6.09 Å². The minimum absolute atomic E-state index is 0.0155. The van der Waals surface area contributed by atoms with Crippen molar-refractivity contribution in [3.05, 3.63) is 29.6 Å². The molecule has 1 saturated heterocycles. The maximum Gasteiger partial charge on any atom is 0.410 e. The fourth-order valence-electron chi connectivity index (χ4n) is 4.30. The summed E-state index contributed by atoms with van der Waals surface area (Å²) in [5.41, 5.74) is 1.16. The van der Waals surface area contributed by atoms with Gasteiger partial charge in [0.1, 0.15) is 23.3 Å². The highest BCUT2D eigenvalue weighted by molar-refractivity contribution is 5.97. The molecule has 13 nitrogen and oxygen atoms in total. The number of ether oxygens (including phenoxy) is 2. The molecule has 1 fully saturated rings. The second-order valence-corrected chi connectivity index (χ2v) is 10.9. The minimum Gasteiger partial charge on any atom is -0.481 e. The van der Waals surface area contributed by atoms with E-state index in [4.69, 9.17) is 14.9 Å². The largest absolute Gasteiger partial charge is 0.481 e. The number of rotatable bonds is 11. The van der Waals surface area contributed by atoms with Crippen molar-refractivity contribution in [3.8, 4) is 11.8 Å². The van der Waals surface area contributed by atoms with Crippen LogP contribution in [0, 0.1) is 17.3 Å². The molecule has 0 radical (unpaired) electrons. The number of hydrogen-bond donors (Lipinski definition) is 5. The van der Waals surface area contributed by atoms with Gasteiger partial charge < -0.3 is 30.7 Å². The van der Waals surface area contributed by atoms with E-state index in [1.54, 1.807) is 25.5 Å². The predicted octanol–water partition coefficient (Wildman–Crippen LogP) is 4.10. The number of amides is 2. The van der Waals surface area contributed by atoms with Crippen molar-refractivity contribution in [2.24, 2.45) is 0 Å². The molecule has 3 heterocycles. The SMILES string of the molecule is CCCNc1nc(Nc2cnc(NC)c(C(=N)OC)c2)ncc1C#CCCCNC(=O)[C@@H]1CCCN1C(=O)OC(C)(C)C. The van der Waals surface area contributed by atoms with Gasteiger partial charge in [0.25, 0.3) is 0 Å². The second kappa shape index (κ2) is 15.6. The normalized spacial score (nSPS) is 14.3. The van der Waals surface area contributed by atoms with Gasteiger partial charge in [-0.3, -0.25) is 15.1 Å². The quantitative estimate of drug-likeness (QED) is 0.111. The summed E-state index contributed by atoms with van der Waals surface area (Å²) in [4.78, 5) is 40.1. The van der Waals surface area contributed by atoms with Gasteiger partial charge in [0, 0.05) is 33.1 Å². The molecule has 0 saturated carbocycles. The molecule has 43 heavy (non-hydrogen) atoms. The smallest absolute Gasteiger partial charge is 0.410 e. The van der Waals surface area contributed by atoms with Crippen LogP contribution < -0.4 is 21.3 Å². The lowest BCUT2D eigenvalue weighted by molar-refractivity contribution is -0.125. The van der Waals surface area contributed by atoms with Crippen LogP contribution >= 0.6 is 0 Å². The molecule has 0 aliphatic carbocycles. The Bertz CT molecular complexity index is 1350. The summed E-state index contributed by atoms with van der Waals surface area (Å²) in [7, 11) is 3.16. The molecular weight excluding hydrogens is 550 g/mol. The highest BCUT2D eigenvalue weighted by Crippen LogP contribution is 2.23. The first-order valence-corrected chi connectivity index (χ1v) is 14.5. The number of methoxy groups -OCH3 is 1. The van der Waals surface area contributed by atoms with Crippen molar-refractivity contribution in [1.82, 2.24) is 25.2 Å². The molecule has 1 atom stereocenters. The fraction of sp³-hybridized carbons (Fsp3) is 0.533. The third-order valence-corrected chi connectivity index (χ3v) is 6.34. The maximum atomic E-state index is 12.7. The summed E-state index contributed by atoms with van der Waals surface area (Å²) < 4.78 is 10.5. The summed E-state index contributed by atoms with van der Waals surface area (Å²) in [6, 6.07) is 1.23. The van der Waals surface area contributed by atoms with Crippen LogP contribution in [-0.2, 0) is 14.3 Å². The molecule has 232 valence electrons. The zero-order valence-electron chi connectivity index (χ0n) is 25.9. The highest BCUT2D eigenvalue weighted by Gasteiger charge is 2.36. The van der Waals surface area contributed by atoms with Crippen LogP contribution in [0.3, 0.4) is 0 Å². The Morgan fingerprint density at radius 2 is 1.98 bits per heavy atom. The van der Waals surface area contributed by atoms with Crippen LogP contribution in [0.25, 0.3) is 0 Å². The van der Waals surface area contributed by atoms with Gasteiger partial charge in [-0.05, 0) is 52.5 Å². The van der Waals surface area contributed by atoms with Crippen LogP contribution in [0.2, 0.25) is 0 Å². The number of pyridine rings is 1. The van der Waals surface area contributed by atoms with Crippen molar-refractivity contribution in [2.75, 3.05) is 49.7 Å². The van der Waals surface area contributed by atoms with Crippen molar-refractivity contribution in [2.45, 2.75) is 71.4 Å². The van der Waals surface area contributed by atoms with Crippen LogP contribution in [0.4, 0.5) is 28.1 Å². The van der Waals surface area contributed by atoms with E-state index in [-0.39, 0.29) is 11.8 Å². The van der Waals surface area contributed by atoms with Crippen molar-refractivity contribution < 1.29 is 19.1 Å². The van der Waals surface area contributed by atoms with E-state index < -0.39 is 17.7 Å². The number of nitrogens with zero attached hydrogens (tertiary/aromatic N) is 4. The zero-order valence-corrected chi connectivity index (χ0v) is 25.9. The van der Waals surface area contributed by atoms with E-state index in [1.165, 1.54) is 12.0 Å². The van der Waals surface area contributed by atoms with E-state index in [1.807, 2.05) is 20.8 Å². The number of aromatic nitrogens is 3. The van der Waals surface area contributed by atoms with Crippen molar-refractivity contribution in [1.29, 1.82) is 5.41 Å². The molecule has 0 unspecified atom stereocenters. The topological polar surface area (TPSA) is 166 Å². The average Bonchev–Trinajstić information content (AvgIpc) is 3.48. The predicted molar refractivity (Wildman–Crippen MR) is 167 cm³/mol. The number of hydrogen-bond acceptors (Lipinski definition) is 11. The van der Waals surface area contributed by atoms with Gasteiger partial charge in [-0.25, -0.2) is 14.8 Å². The van der Waals surface area contributed by atoms with Gasteiger partial charge in [0.2, 0.25) is 17.8 Å². The molecule has 1 aliphatic heterocycles. The van der Waals surface area contributed by atoms with Gasteiger partial charge in [0.05, 0.1) is 36.3 Å². The number of likely N-dealkylation sites (tertiary alicyclic amines) is 1. The molecule has 2 aromatic heterocycles. The first-order valence-electron chi connectivity index (χ1n) is 14.5. The summed E-state index contributed by atoms with van der Waals surface area (Å²) >= 11 is 0. The zero-order chi connectivity index (χ0) is 31.4. The van der Waals surface area contributed by atoms with Crippen molar-refractivity contribution >= 4 is 41.2 Å². The maximum absolute atomic E-state index is 12.7. The number of carbonyl (C=O) groups is 2. The monoisotopic (exact) mass is 593 g/mol. The van der Waals surface area contributed by atoms with E-state index in [0.717, 1.165) is 12.8 Å². The molecule has 13 heteroatoms. The molecule has 5 N–H and O–H groups in total. The van der Waals surface area contributed by atoms with Crippen LogP contribution in [0.5, 0.6) is 0 Å². The fourth-order valence-corrected chi connectivity index (χ4v) is 4.30. The number of unbranched alkanes of at least 4 members (excludes halogenated alkanes) is 1. The van der Waals surface area contributed by atoms with E-state index in [0.29, 0.717) is 73.3 Å². The molecule has 2 aromatic rings. The molecule has 3 rings (SSSR count). The molecule has 2 amide bonds. The second-order valence-electron chi connectivity index (χ2n) is 10.9. The average molecular weight is 594 g/mol. The van der Waals surface area contributed by atoms with E-state index in [2.05, 4.69) is 55.0 Å². The first-order chi connectivity index (χ1) is 20.6. The lowest BCUT2D eigenvalue weighted by Gasteiger charge is -2.28. The third-order valence-electron chi connectivity index (χ3n) is 6.34. The van der Waals surface area contributed by atoms with E-state index in [9.17, 15) is 9.59 Å². The lowest BCUT2D eigenvalue weighted by Crippen LogP contribution is -2.47. The van der Waals surface area contributed by atoms with Gasteiger partial charge in [-0.1, -0.05) is 18.8 Å².